The molecule has 0 radical (unpaired) electrons. The molecule has 29 heavy (non-hydrogen) atoms. The Morgan fingerprint density at radius 2 is 1.72 bits per heavy atom. The summed E-state index contributed by atoms with van der Waals surface area (Å²) < 4.78 is 16.1. The van der Waals surface area contributed by atoms with Crippen LogP contribution in [-0.2, 0) is 16.1 Å². The third kappa shape index (κ3) is 4.84. The molecule has 156 valence electrons. The van der Waals surface area contributed by atoms with Gasteiger partial charge in [-0.1, -0.05) is 18.2 Å². The number of carbonyl (C=O) groups is 1. The first-order chi connectivity index (χ1) is 13.9. The fraction of sp³-hybridized carbons (Fsp3) is 0.350. The van der Waals surface area contributed by atoms with Gasteiger partial charge in [0.05, 0.1) is 12.2 Å². The third-order valence-corrected chi connectivity index (χ3v) is 4.50. The normalized spacial score (nSPS) is 26.7. The number of esters is 1. The summed E-state index contributed by atoms with van der Waals surface area (Å²) in [7, 11) is 0. The van der Waals surface area contributed by atoms with Gasteiger partial charge in [0.25, 0.3) is 0 Å². The molecule has 1 heterocycles. The highest BCUT2D eigenvalue weighted by molar-refractivity contribution is 5.89. The summed E-state index contributed by atoms with van der Waals surface area (Å²) in [5, 5.41) is 48.9. The monoisotopic (exact) mass is 406 g/mol. The zero-order valence-electron chi connectivity index (χ0n) is 15.3. The number of carbonyl (C=O) groups excluding carboxylic acids is 1. The van der Waals surface area contributed by atoms with Crippen molar-refractivity contribution in [3.05, 3.63) is 59.7 Å². The summed E-state index contributed by atoms with van der Waals surface area (Å²) in [5.74, 6) is -0.558. The minimum atomic E-state index is -1.60. The van der Waals surface area contributed by atoms with Crippen LogP contribution in [-0.4, -0.2) is 68.8 Å². The molecule has 9 nitrogen and oxygen atoms in total. The second kappa shape index (κ2) is 9.21. The van der Waals surface area contributed by atoms with Crippen LogP contribution in [0.5, 0.6) is 11.5 Å². The molecule has 1 aliphatic rings. The average Bonchev–Trinajstić information content (AvgIpc) is 2.74. The summed E-state index contributed by atoms with van der Waals surface area (Å²) in [5.41, 5.74) is 0.635. The Kier molecular flexibility index (Phi) is 6.68. The van der Waals surface area contributed by atoms with Crippen molar-refractivity contribution in [1.82, 2.24) is 0 Å². The van der Waals surface area contributed by atoms with Crippen LogP contribution in [0.1, 0.15) is 15.9 Å². The standard InChI is InChI=1S/C20H22O9/c21-9-15-16(23)17(24)18(25)20(29-15)28-14-7-6-13(22)8-12(14)10-27-19(26)11-4-2-1-3-5-11/h1-8,15-18,20-25H,9-10H2/t15-,16-,17+,18+,20+/m1/s1. The number of phenols is 1. The van der Waals surface area contributed by atoms with Crippen LogP contribution in [0.25, 0.3) is 0 Å². The van der Waals surface area contributed by atoms with Crippen LogP contribution < -0.4 is 4.74 Å². The molecule has 3 rings (SSSR count). The molecule has 0 spiro atoms. The summed E-state index contributed by atoms with van der Waals surface area (Å²) in [6.45, 7) is -0.836. The highest BCUT2D eigenvalue weighted by atomic mass is 16.7. The predicted molar refractivity (Wildman–Crippen MR) is 98.1 cm³/mol. The lowest BCUT2D eigenvalue weighted by atomic mass is 9.99. The van der Waals surface area contributed by atoms with E-state index in [0.717, 1.165) is 0 Å². The zero-order valence-corrected chi connectivity index (χ0v) is 15.3. The summed E-state index contributed by atoms with van der Waals surface area (Å²) in [4.78, 5) is 12.1. The Labute approximate surface area is 166 Å². The minimum absolute atomic E-state index is 0.100. The number of hydrogen-bond donors (Lipinski definition) is 5. The summed E-state index contributed by atoms with van der Waals surface area (Å²) in [6, 6.07) is 12.4. The van der Waals surface area contributed by atoms with Crippen molar-refractivity contribution in [2.75, 3.05) is 6.61 Å². The SMILES string of the molecule is O=C(OCc1cc(O)ccc1O[C@H]1O[C@H](CO)[C@@H](O)[C@H](O)[C@@H]1O)c1ccccc1. The first kappa shape index (κ1) is 21.0. The molecule has 2 aromatic carbocycles. The lowest BCUT2D eigenvalue weighted by Gasteiger charge is -2.39. The van der Waals surface area contributed by atoms with Crippen molar-refractivity contribution < 1.29 is 44.5 Å². The second-order valence-electron chi connectivity index (χ2n) is 6.55. The van der Waals surface area contributed by atoms with Crippen LogP contribution in [0, 0.1) is 0 Å². The van der Waals surface area contributed by atoms with E-state index < -0.39 is 43.3 Å². The molecule has 5 N–H and O–H groups in total. The molecular formula is C20H22O9. The van der Waals surface area contributed by atoms with Crippen LogP contribution in [0.3, 0.4) is 0 Å². The van der Waals surface area contributed by atoms with E-state index in [1.165, 1.54) is 18.2 Å². The van der Waals surface area contributed by atoms with E-state index in [-0.39, 0.29) is 23.7 Å². The maximum atomic E-state index is 12.1. The van der Waals surface area contributed by atoms with E-state index in [9.17, 15) is 30.3 Å². The van der Waals surface area contributed by atoms with Gasteiger partial charge in [0.1, 0.15) is 42.5 Å². The van der Waals surface area contributed by atoms with Crippen LogP contribution >= 0.6 is 0 Å². The summed E-state index contributed by atoms with van der Waals surface area (Å²) >= 11 is 0. The van der Waals surface area contributed by atoms with E-state index in [1.54, 1.807) is 30.3 Å². The molecule has 0 bridgehead atoms. The highest BCUT2D eigenvalue weighted by Gasteiger charge is 2.44. The molecule has 0 aliphatic carbocycles. The summed E-state index contributed by atoms with van der Waals surface area (Å²) in [6.07, 6.45) is -7.24. The van der Waals surface area contributed by atoms with E-state index >= 15 is 0 Å². The van der Waals surface area contributed by atoms with E-state index in [4.69, 9.17) is 14.2 Å². The topological polar surface area (TPSA) is 146 Å². The molecule has 1 aliphatic heterocycles. The molecule has 1 saturated heterocycles. The predicted octanol–water partition coefficient (Wildman–Crippen LogP) is -0.0721. The van der Waals surface area contributed by atoms with Gasteiger partial charge < -0.3 is 39.7 Å². The number of rotatable bonds is 6. The third-order valence-electron chi connectivity index (χ3n) is 4.50. The van der Waals surface area contributed by atoms with Gasteiger partial charge in [-0.05, 0) is 30.3 Å². The first-order valence-corrected chi connectivity index (χ1v) is 8.92. The molecule has 0 saturated carbocycles. The lowest BCUT2D eigenvalue weighted by Crippen LogP contribution is -2.60. The van der Waals surface area contributed by atoms with Crippen molar-refractivity contribution >= 4 is 5.97 Å². The Hall–Kier alpha value is -2.69. The van der Waals surface area contributed by atoms with Gasteiger partial charge in [-0.3, -0.25) is 0 Å². The average molecular weight is 406 g/mol. The van der Waals surface area contributed by atoms with Gasteiger partial charge in [0.15, 0.2) is 0 Å². The maximum Gasteiger partial charge on any atom is 0.338 e. The van der Waals surface area contributed by atoms with E-state index in [2.05, 4.69) is 0 Å². The number of ether oxygens (including phenoxy) is 3. The van der Waals surface area contributed by atoms with Gasteiger partial charge in [-0.25, -0.2) is 4.79 Å². The Morgan fingerprint density at radius 3 is 2.41 bits per heavy atom. The number of hydrogen-bond acceptors (Lipinski definition) is 9. The number of phenolic OH excluding ortho intramolecular Hbond substituents is 1. The second-order valence-corrected chi connectivity index (χ2v) is 6.55. The molecular weight excluding hydrogens is 384 g/mol. The van der Waals surface area contributed by atoms with Crippen LogP contribution in [0.4, 0.5) is 0 Å². The van der Waals surface area contributed by atoms with Gasteiger partial charge in [0, 0.05) is 5.56 Å². The molecule has 0 amide bonds. The maximum absolute atomic E-state index is 12.1. The molecule has 5 atom stereocenters. The quantitative estimate of drug-likeness (QED) is 0.416. The Balaban J connectivity index is 1.74. The van der Waals surface area contributed by atoms with Crippen molar-refractivity contribution in [2.24, 2.45) is 0 Å². The van der Waals surface area contributed by atoms with Gasteiger partial charge in [-0.15, -0.1) is 0 Å². The number of benzene rings is 2. The molecule has 9 heteroatoms. The number of aromatic hydroxyl groups is 1. The Morgan fingerprint density at radius 1 is 1.00 bits per heavy atom. The molecule has 0 aromatic heterocycles. The van der Waals surface area contributed by atoms with Crippen molar-refractivity contribution in [3.63, 3.8) is 0 Å². The van der Waals surface area contributed by atoms with Gasteiger partial charge >= 0.3 is 5.97 Å². The minimum Gasteiger partial charge on any atom is -0.508 e. The largest absolute Gasteiger partial charge is 0.508 e. The van der Waals surface area contributed by atoms with Gasteiger partial charge in [0.2, 0.25) is 6.29 Å². The van der Waals surface area contributed by atoms with Gasteiger partial charge in [-0.2, -0.15) is 0 Å². The fourth-order valence-electron chi connectivity index (χ4n) is 2.88. The lowest BCUT2D eigenvalue weighted by molar-refractivity contribution is -0.277. The molecule has 0 unspecified atom stereocenters. The molecule has 2 aromatic rings. The van der Waals surface area contributed by atoms with Crippen LogP contribution in [0.2, 0.25) is 0 Å². The van der Waals surface area contributed by atoms with E-state index in [0.29, 0.717) is 5.56 Å². The zero-order chi connectivity index (χ0) is 21.0. The highest BCUT2D eigenvalue weighted by Crippen LogP contribution is 2.29. The fourth-order valence-corrected chi connectivity index (χ4v) is 2.88. The number of aliphatic hydroxyl groups is 4. The Bertz CT molecular complexity index is 824. The van der Waals surface area contributed by atoms with Crippen molar-refractivity contribution in [3.8, 4) is 11.5 Å². The smallest absolute Gasteiger partial charge is 0.338 e. The van der Waals surface area contributed by atoms with Crippen molar-refractivity contribution in [2.45, 2.75) is 37.3 Å². The molecule has 1 fully saturated rings. The van der Waals surface area contributed by atoms with E-state index in [1.807, 2.05) is 0 Å². The number of aliphatic hydroxyl groups excluding tert-OH is 4. The first-order valence-electron chi connectivity index (χ1n) is 8.92. The van der Waals surface area contributed by atoms with Crippen molar-refractivity contribution in [1.29, 1.82) is 0 Å². The van der Waals surface area contributed by atoms with Crippen LogP contribution in [0.15, 0.2) is 48.5 Å².